The van der Waals surface area contributed by atoms with Crippen LogP contribution in [-0.4, -0.2) is 8.42 Å². The molecule has 3 nitrogen and oxygen atoms in total. The molecular formula is C14H12BrCl2NO2S. The molecular weight excluding hydrogens is 397 g/mol. The second-order valence-corrected chi connectivity index (χ2v) is 8.00. The van der Waals surface area contributed by atoms with E-state index in [1.165, 1.54) is 18.2 Å². The summed E-state index contributed by atoms with van der Waals surface area (Å²) in [6.45, 7) is 1.77. The molecule has 2 rings (SSSR count). The van der Waals surface area contributed by atoms with Crippen LogP contribution in [0.4, 0.5) is 0 Å². The second-order valence-electron chi connectivity index (χ2n) is 4.50. The highest BCUT2D eigenvalue weighted by Crippen LogP contribution is 2.24. The Hall–Kier alpha value is -0.590. The van der Waals surface area contributed by atoms with Gasteiger partial charge in [0.2, 0.25) is 10.0 Å². The Morgan fingerprint density at radius 3 is 2.10 bits per heavy atom. The van der Waals surface area contributed by atoms with E-state index in [0.29, 0.717) is 0 Å². The molecule has 1 N–H and O–H groups in total. The summed E-state index contributed by atoms with van der Waals surface area (Å²) in [6, 6.07) is 11.3. The van der Waals surface area contributed by atoms with Crippen molar-refractivity contribution in [2.45, 2.75) is 17.9 Å². The van der Waals surface area contributed by atoms with Crippen LogP contribution >= 0.6 is 39.1 Å². The Morgan fingerprint density at radius 1 is 1.05 bits per heavy atom. The molecule has 0 spiro atoms. The van der Waals surface area contributed by atoms with Gasteiger partial charge in [-0.05, 0) is 42.8 Å². The van der Waals surface area contributed by atoms with Crippen molar-refractivity contribution < 1.29 is 8.42 Å². The van der Waals surface area contributed by atoms with Crippen LogP contribution in [0.3, 0.4) is 0 Å². The van der Waals surface area contributed by atoms with Gasteiger partial charge in [0, 0.05) is 20.6 Å². The highest BCUT2D eigenvalue weighted by atomic mass is 79.9. The number of hydrogen-bond donors (Lipinski definition) is 1. The predicted octanol–water partition coefficient (Wildman–Crippen LogP) is 4.80. The van der Waals surface area contributed by atoms with Crippen LogP contribution in [0.1, 0.15) is 18.5 Å². The number of halogens is 3. The van der Waals surface area contributed by atoms with Gasteiger partial charge in [-0.3, -0.25) is 0 Å². The molecule has 21 heavy (non-hydrogen) atoms. The van der Waals surface area contributed by atoms with E-state index in [2.05, 4.69) is 20.7 Å². The van der Waals surface area contributed by atoms with E-state index in [-0.39, 0.29) is 21.0 Å². The molecule has 0 radical (unpaired) electrons. The smallest absolute Gasteiger partial charge is 0.207 e. The molecule has 0 fully saturated rings. The first kappa shape index (κ1) is 16.8. The lowest BCUT2D eigenvalue weighted by Crippen LogP contribution is -2.26. The van der Waals surface area contributed by atoms with Gasteiger partial charge in [0.05, 0.1) is 4.90 Å². The van der Waals surface area contributed by atoms with E-state index in [1.807, 2.05) is 24.3 Å². The third-order valence-corrected chi connectivity index (χ3v) is 5.33. The lowest BCUT2D eigenvalue weighted by Gasteiger charge is -2.15. The zero-order chi connectivity index (χ0) is 15.6. The van der Waals surface area contributed by atoms with Crippen molar-refractivity contribution in [1.82, 2.24) is 4.72 Å². The van der Waals surface area contributed by atoms with Crippen LogP contribution < -0.4 is 4.72 Å². The minimum atomic E-state index is -3.69. The van der Waals surface area contributed by atoms with Crippen LogP contribution in [-0.2, 0) is 10.0 Å². The third-order valence-electron chi connectivity index (χ3n) is 2.85. The van der Waals surface area contributed by atoms with Crippen molar-refractivity contribution in [3.63, 3.8) is 0 Å². The molecule has 1 atom stereocenters. The Balaban J connectivity index is 2.26. The van der Waals surface area contributed by atoms with Crippen LogP contribution in [0.15, 0.2) is 51.8 Å². The standard InChI is InChI=1S/C14H12BrCl2NO2S/c1-9(10-2-4-11(15)5-3-10)18-21(19,20)14-7-12(16)6-13(17)8-14/h2-9,18H,1H3. The summed E-state index contributed by atoms with van der Waals surface area (Å²) in [5.41, 5.74) is 0.856. The summed E-state index contributed by atoms with van der Waals surface area (Å²) in [7, 11) is -3.69. The van der Waals surface area contributed by atoms with Gasteiger partial charge in [-0.25, -0.2) is 13.1 Å². The van der Waals surface area contributed by atoms with Crippen LogP contribution in [0.5, 0.6) is 0 Å². The van der Waals surface area contributed by atoms with Crippen molar-refractivity contribution in [3.8, 4) is 0 Å². The zero-order valence-electron chi connectivity index (χ0n) is 11.0. The van der Waals surface area contributed by atoms with Crippen molar-refractivity contribution in [1.29, 1.82) is 0 Å². The topological polar surface area (TPSA) is 46.2 Å². The van der Waals surface area contributed by atoms with Crippen molar-refractivity contribution in [2.75, 3.05) is 0 Å². The highest BCUT2D eigenvalue weighted by Gasteiger charge is 2.19. The molecule has 0 aliphatic carbocycles. The second kappa shape index (κ2) is 6.67. The van der Waals surface area contributed by atoms with Gasteiger partial charge in [0.15, 0.2) is 0 Å². The molecule has 0 amide bonds. The third kappa shape index (κ3) is 4.44. The average molecular weight is 409 g/mol. The van der Waals surface area contributed by atoms with Gasteiger partial charge in [0.25, 0.3) is 0 Å². The molecule has 0 saturated carbocycles. The molecule has 0 aromatic heterocycles. The van der Waals surface area contributed by atoms with E-state index < -0.39 is 10.0 Å². The van der Waals surface area contributed by atoms with Gasteiger partial charge in [0.1, 0.15) is 0 Å². The largest absolute Gasteiger partial charge is 0.241 e. The summed E-state index contributed by atoms with van der Waals surface area (Å²) < 4.78 is 28.2. The minimum Gasteiger partial charge on any atom is -0.207 e. The SMILES string of the molecule is CC(NS(=O)(=O)c1cc(Cl)cc(Cl)c1)c1ccc(Br)cc1. The van der Waals surface area contributed by atoms with Gasteiger partial charge in [-0.2, -0.15) is 0 Å². The fourth-order valence-corrected chi connectivity index (χ4v) is 4.03. The number of sulfonamides is 1. The lowest BCUT2D eigenvalue weighted by molar-refractivity contribution is 0.567. The summed E-state index contributed by atoms with van der Waals surface area (Å²) in [5.74, 6) is 0. The van der Waals surface area contributed by atoms with Crippen LogP contribution in [0.25, 0.3) is 0 Å². The monoisotopic (exact) mass is 407 g/mol. The number of hydrogen-bond acceptors (Lipinski definition) is 2. The minimum absolute atomic E-state index is 0.0453. The van der Waals surface area contributed by atoms with Crippen LogP contribution in [0.2, 0.25) is 10.0 Å². The normalized spacial score (nSPS) is 13.1. The molecule has 0 heterocycles. The zero-order valence-corrected chi connectivity index (χ0v) is 14.9. The number of rotatable bonds is 4. The fraction of sp³-hybridized carbons (Fsp3) is 0.143. The molecule has 2 aromatic carbocycles. The Kier molecular flexibility index (Phi) is 5.33. The lowest BCUT2D eigenvalue weighted by atomic mass is 10.1. The van der Waals surface area contributed by atoms with Crippen molar-refractivity contribution in [2.24, 2.45) is 0 Å². The molecule has 0 saturated heterocycles. The molecule has 0 aliphatic heterocycles. The molecule has 0 bridgehead atoms. The Labute approximate surface area is 142 Å². The first-order chi connectivity index (χ1) is 9.78. The fourth-order valence-electron chi connectivity index (χ4n) is 1.80. The molecule has 7 heteroatoms. The summed E-state index contributed by atoms with van der Waals surface area (Å²) in [4.78, 5) is 0.0453. The molecule has 0 aliphatic rings. The maximum Gasteiger partial charge on any atom is 0.241 e. The maximum atomic E-state index is 12.3. The first-order valence-electron chi connectivity index (χ1n) is 6.02. The molecule has 112 valence electrons. The number of nitrogens with one attached hydrogen (secondary N) is 1. The maximum absolute atomic E-state index is 12.3. The molecule has 2 aromatic rings. The first-order valence-corrected chi connectivity index (χ1v) is 9.05. The highest BCUT2D eigenvalue weighted by molar-refractivity contribution is 9.10. The van der Waals surface area contributed by atoms with E-state index in [4.69, 9.17) is 23.2 Å². The summed E-state index contributed by atoms with van der Waals surface area (Å²) in [5, 5.41) is 0.554. The van der Waals surface area contributed by atoms with E-state index >= 15 is 0 Å². The summed E-state index contributed by atoms with van der Waals surface area (Å²) >= 11 is 15.0. The van der Waals surface area contributed by atoms with Gasteiger partial charge >= 0.3 is 0 Å². The van der Waals surface area contributed by atoms with Gasteiger partial charge < -0.3 is 0 Å². The summed E-state index contributed by atoms with van der Waals surface area (Å²) in [6.07, 6.45) is 0. The van der Waals surface area contributed by atoms with Gasteiger partial charge in [-0.1, -0.05) is 51.3 Å². The molecule has 1 unspecified atom stereocenters. The van der Waals surface area contributed by atoms with Crippen LogP contribution in [0, 0.1) is 0 Å². The van der Waals surface area contributed by atoms with Gasteiger partial charge in [-0.15, -0.1) is 0 Å². The Morgan fingerprint density at radius 2 is 1.57 bits per heavy atom. The Bertz CT molecular complexity index is 728. The van der Waals surface area contributed by atoms with Crippen molar-refractivity contribution >= 4 is 49.2 Å². The van der Waals surface area contributed by atoms with E-state index in [0.717, 1.165) is 10.0 Å². The number of benzene rings is 2. The van der Waals surface area contributed by atoms with E-state index in [1.54, 1.807) is 6.92 Å². The van der Waals surface area contributed by atoms with E-state index in [9.17, 15) is 8.42 Å². The van der Waals surface area contributed by atoms with Crippen molar-refractivity contribution in [3.05, 3.63) is 62.5 Å². The quantitative estimate of drug-likeness (QED) is 0.789. The predicted molar refractivity (Wildman–Crippen MR) is 89.3 cm³/mol. The average Bonchev–Trinajstić information content (AvgIpc) is 2.37.